The van der Waals surface area contributed by atoms with Crippen molar-refractivity contribution < 1.29 is 14.3 Å². The highest BCUT2D eigenvalue weighted by atomic mass is 32.2. The first kappa shape index (κ1) is 14.9. The molecule has 0 atom stereocenters. The molecule has 24 heavy (non-hydrogen) atoms. The molecule has 0 amide bonds. The SMILES string of the molecule is COc1ccc2[nH]cc(C=C3Oc4cc(SC)ccc4C3=O)c2c1. The minimum atomic E-state index is -0.0881. The predicted molar refractivity (Wildman–Crippen MR) is 96.0 cm³/mol. The van der Waals surface area contributed by atoms with Crippen molar-refractivity contribution in [1.29, 1.82) is 0 Å². The van der Waals surface area contributed by atoms with Gasteiger partial charge in [0.15, 0.2) is 5.76 Å². The smallest absolute Gasteiger partial charge is 0.231 e. The number of carbonyl (C=O) groups excluding carboxylic acids is 1. The fraction of sp³-hybridized carbons (Fsp3) is 0.105. The van der Waals surface area contributed by atoms with Crippen LogP contribution in [0.4, 0.5) is 0 Å². The highest BCUT2D eigenvalue weighted by molar-refractivity contribution is 7.98. The van der Waals surface area contributed by atoms with Crippen LogP contribution in [0.15, 0.2) is 53.2 Å². The van der Waals surface area contributed by atoms with Crippen LogP contribution < -0.4 is 9.47 Å². The summed E-state index contributed by atoms with van der Waals surface area (Å²) in [5.41, 5.74) is 2.48. The largest absolute Gasteiger partial charge is 0.497 e. The summed E-state index contributed by atoms with van der Waals surface area (Å²) in [6.45, 7) is 0. The van der Waals surface area contributed by atoms with E-state index in [1.54, 1.807) is 24.9 Å². The number of ether oxygens (including phenoxy) is 2. The first-order valence-corrected chi connectivity index (χ1v) is 8.69. The number of fused-ring (bicyclic) bond motifs is 2. The van der Waals surface area contributed by atoms with Crippen molar-refractivity contribution in [1.82, 2.24) is 4.98 Å². The number of aromatic nitrogens is 1. The Labute approximate surface area is 143 Å². The Balaban J connectivity index is 1.76. The molecule has 0 bridgehead atoms. The minimum absolute atomic E-state index is 0.0881. The summed E-state index contributed by atoms with van der Waals surface area (Å²) in [5, 5.41) is 0.985. The van der Waals surface area contributed by atoms with Gasteiger partial charge in [0.2, 0.25) is 5.78 Å². The Morgan fingerprint density at radius 1 is 1.21 bits per heavy atom. The Morgan fingerprint density at radius 2 is 2.08 bits per heavy atom. The van der Waals surface area contributed by atoms with Gasteiger partial charge >= 0.3 is 0 Å². The van der Waals surface area contributed by atoms with Gasteiger partial charge in [0, 0.05) is 27.6 Å². The van der Waals surface area contributed by atoms with Crippen LogP contribution >= 0.6 is 11.8 Å². The van der Waals surface area contributed by atoms with E-state index in [0.29, 0.717) is 17.1 Å². The molecule has 0 fully saturated rings. The van der Waals surface area contributed by atoms with Gasteiger partial charge in [-0.1, -0.05) is 0 Å². The molecule has 3 aromatic rings. The topological polar surface area (TPSA) is 51.3 Å². The molecule has 0 saturated heterocycles. The summed E-state index contributed by atoms with van der Waals surface area (Å²) in [6.07, 6.45) is 5.64. The lowest BCUT2D eigenvalue weighted by Crippen LogP contribution is -1.97. The van der Waals surface area contributed by atoms with Gasteiger partial charge < -0.3 is 14.5 Å². The summed E-state index contributed by atoms with van der Waals surface area (Å²) in [6, 6.07) is 11.4. The molecular weight excluding hydrogens is 322 g/mol. The first-order chi connectivity index (χ1) is 11.7. The van der Waals surface area contributed by atoms with E-state index in [9.17, 15) is 4.79 Å². The van der Waals surface area contributed by atoms with Gasteiger partial charge in [-0.3, -0.25) is 4.79 Å². The molecule has 2 aromatic carbocycles. The number of rotatable bonds is 3. The Bertz CT molecular complexity index is 987. The van der Waals surface area contributed by atoms with Gasteiger partial charge in [0.05, 0.1) is 12.7 Å². The highest BCUT2D eigenvalue weighted by Crippen LogP contribution is 2.35. The van der Waals surface area contributed by atoms with Gasteiger partial charge in [0.1, 0.15) is 11.5 Å². The predicted octanol–water partition coefficient (Wildman–Crippen LogP) is 4.51. The zero-order chi connectivity index (χ0) is 16.7. The summed E-state index contributed by atoms with van der Waals surface area (Å²) < 4.78 is 11.1. The monoisotopic (exact) mass is 337 g/mol. The third kappa shape index (κ3) is 2.37. The number of nitrogens with one attached hydrogen (secondary N) is 1. The number of carbonyl (C=O) groups is 1. The summed E-state index contributed by atoms with van der Waals surface area (Å²) in [4.78, 5) is 16.8. The summed E-state index contributed by atoms with van der Waals surface area (Å²) >= 11 is 1.62. The maximum Gasteiger partial charge on any atom is 0.231 e. The van der Waals surface area contributed by atoms with Gasteiger partial charge in [0.25, 0.3) is 0 Å². The van der Waals surface area contributed by atoms with Crippen LogP contribution in [-0.2, 0) is 0 Å². The molecule has 0 unspecified atom stereocenters. The van der Waals surface area contributed by atoms with E-state index in [1.807, 2.05) is 48.9 Å². The maximum atomic E-state index is 12.5. The Hall–Kier alpha value is -2.66. The second kappa shape index (κ2) is 5.76. The van der Waals surface area contributed by atoms with Crippen LogP contribution in [0, 0.1) is 0 Å². The molecule has 1 aliphatic heterocycles. The van der Waals surface area contributed by atoms with Crippen molar-refractivity contribution in [3.05, 3.63) is 59.5 Å². The van der Waals surface area contributed by atoms with Gasteiger partial charge in [-0.05, 0) is 48.7 Å². The van der Waals surface area contributed by atoms with E-state index < -0.39 is 0 Å². The molecule has 1 aromatic heterocycles. The maximum absolute atomic E-state index is 12.5. The average Bonchev–Trinajstić information content (AvgIpc) is 3.16. The van der Waals surface area contributed by atoms with Crippen LogP contribution in [0.5, 0.6) is 11.5 Å². The van der Waals surface area contributed by atoms with E-state index in [4.69, 9.17) is 9.47 Å². The number of allylic oxidation sites excluding steroid dienone is 1. The van der Waals surface area contributed by atoms with E-state index in [0.717, 1.165) is 27.1 Å². The molecule has 1 aliphatic rings. The third-order valence-electron chi connectivity index (χ3n) is 4.08. The number of ketones is 1. The van der Waals surface area contributed by atoms with Gasteiger partial charge in [-0.2, -0.15) is 0 Å². The fourth-order valence-electron chi connectivity index (χ4n) is 2.80. The number of hydrogen-bond donors (Lipinski definition) is 1. The van der Waals surface area contributed by atoms with Crippen molar-refractivity contribution in [3.8, 4) is 11.5 Å². The van der Waals surface area contributed by atoms with Crippen molar-refractivity contribution in [2.45, 2.75) is 4.90 Å². The summed E-state index contributed by atoms with van der Waals surface area (Å²) in [7, 11) is 1.63. The molecular formula is C19H15NO3S. The Morgan fingerprint density at radius 3 is 2.88 bits per heavy atom. The van der Waals surface area contributed by atoms with Crippen molar-refractivity contribution in [2.24, 2.45) is 0 Å². The van der Waals surface area contributed by atoms with Crippen LogP contribution in [-0.4, -0.2) is 24.1 Å². The van der Waals surface area contributed by atoms with E-state index in [-0.39, 0.29) is 5.78 Å². The molecule has 4 rings (SSSR count). The fourth-order valence-corrected chi connectivity index (χ4v) is 3.23. The number of H-pyrrole nitrogens is 1. The molecule has 0 radical (unpaired) electrons. The number of aromatic amines is 1. The lowest BCUT2D eigenvalue weighted by Gasteiger charge is -2.01. The number of Topliss-reactive ketones (excluding diaryl/α,β-unsaturated/α-hetero) is 1. The summed E-state index contributed by atoms with van der Waals surface area (Å²) in [5.74, 6) is 1.64. The second-order valence-corrected chi connectivity index (χ2v) is 6.34. The quantitative estimate of drug-likeness (QED) is 0.564. The lowest BCUT2D eigenvalue weighted by molar-refractivity contribution is 0.101. The van der Waals surface area contributed by atoms with Crippen LogP contribution in [0.1, 0.15) is 15.9 Å². The molecule has 2 heterocycles. The number of benzene rings is 2. The number of hydrogen-bond acceptors (Lipinski definition) is 4. The zero-order valence-corrected chi connectivity index (χ0v) is 14.1. The van der Waals surface area contributed by atoms with E-state index in [1.165, 1.54) is 0 Å². The normalized spacial score (nSPS) is 14.9. The van der Waals surface area contributed by atoms with Gasteiger partial charge in [-0.25, -0.2) is 0 Å². The molecule has 0 spiro atoms. The number of thioether (sulfide) groups is 1. The molecule has 4 nitrogen and oxygen atoms in total. The van der Waals surface area contributed by atoms with Gasteiger partial charge in [-0.15, -0.1) is 11.8 Å². The van der Waals surface area contributed by atoms with E-state index in [2.05, 4.69) is 4.98 Å². The minimum Gasteiger partial charge on any atom is -0.497 e. The van der Waals surface area contributed by atoms with Crippen LogP contribution in [0.3, 0.4) is 0 Å². The van der Waals surface area contributed by atoms with Crippen molar-refractivity contribution in [2.75, 3.05) is 13.4 Å². The first-order valence-electron chi connectivity index (χ1n) is 7.47. The molecule has 1 N–H and O–H groups in total. The lowest BCUT2D eigenvalue weighted by atomic mass is 10.1. The molecule has 0 saturated carbocycles. The molecule has 0 aliphatic carbocycles. The van der Waals surface area contributed by atoms with Crippen LogP contribution in [0.2, 0.25) is 0 Å². The average molecular weight is 337 g/mol. The molecule has 120 valence electrons. The van der Waals surface area contributed by atoms with Crippen molar-refractivity contribution >= 4 is 34.5 Å². The third-order valence-corrected chi connectivity index (χ3v) is 4.81. The zero-order valence-electron chi connectivity index (χ0n) is 13.3. The van der Waals surface area contributed by atoms with Crippen molar-refractivity contribution in [3.63, 3.8) is 0 Å². The Kier molecular flexibility index (Phi) is 3.58. The second-order valence-electron chi connectivity index (χ2n) is 5.46. The standard InChI is InChI=1S/C19H15NO3S/c1-22-12-3-6-16-15(8-12)11(10-20-16)7-18-19(21)14-5-4-13(24-2)9-17(14)23-18/h3-10,20H,1-2H3. The van der Waals surface area contributed by atoms with Crippen LogP contribution in [0.25, 0.3) is 17.0 Å². The number of methoxy groups -OCH3 is 1. The highest BCUT2D eigenvalue weighted by Gasteiger charge is 2.27. The van der Waals surface area contributed by atoms with E-state index >= 15 is 0 Å². The molecule has 5 heteroatoms.